The number of rotatable bonds is 17. The SMILES string of the molecule is CCCCCCCCN(CCCCCCCC)S(=O)(=O)Nc1ccccc1. The molecule has 0 aliphatic heterocycles. The van der Waals surface area contributed by atoms with Gasteiger partial charge in [0.1, 0.15) is 0 Å². The molecule has 0 saturated heterocycles. The number of benzene rings is 1. The summed E-state index contributed by atoms with van der Waals surface area (Å²) in [6, 6.07) is 9.19. The summed E-state index contributed by atoms with van der Waals surface area (Å²) in [6.45, 7) is 5.65. The topological polar surface area (TPSA) is 49.4 Å². The van der Waals surface area contributed by atoms with Crippen LogP contribution in [0.5, 0.6) is 0 Å². The van der Waals surface area contributed by atoms with Crippen LogP contribution in [0.2, 0.25) is 0 Å². The van der Waals surface area contributed by atoms with E-state index in [1.54, 1.807) is 16.4 Å². The lowest BCUT2D eigenvalue weighted by molar-refractivity contribution is 0.386. The Morgan fingerprint density at radius 1 is 0.704 bits per heavy atom. The molecule has 0 aliphatic rings. The number of unbranched alkanes of at least 4 members (excludes halogenated alkanes) is 10. The fraction of sp³-hybridized carbons (Fsp3) is 0.727. The average Bonchev–Trinajstić information content (AvgIpc) is 2.65. The molecule has 0 unspecified atom stereocenters. The Morgan fingerprint density at radius 3 is 1.63 bits per heavy atom. The number of nitrogens with one attached hydrogen (secondary N) is 1. The first-order valence-corrected chi connectivity index (χ1v) is 12.4. The largest absolute Gasteiger partial charge is 0.301 e. The molecule has 1 aromatic rings. The van der Waals surface area contributed by atoms with Crippen LogP contribution in [0.15, 0.2) is 30.3 Å². The first-order valence-electron chi connectivity index (χ1n) is 10.9. The Kier molecular flexibility index (Phi) is 13.2. The van der Waals surface area contributed by atoms with Crippen molar-refractivity contribution in [2.75, 3.05) is 17.8 Å². The van der Waals surface area contributed by atoms with Crippen LogP contribution in [0.1, 0.15) is 90.9 Å². The molecule has 1 N–H and O–H groups in total. The van der Waals surface area contributed by atoms with Crippen LogP contribution in [-0.4, -0.2) is 25.8 Å². The van der Waals surface area contributed by atoms with Gasteiger partial charge in [0.2, 0.25) is 0 Å². The minimum absolute atomic E-state index is 0.614. The molecule has 0 aliphatic carbocycles. The molecule has 0 fully saturated rings. The highest BCUT2D eigenvalue weighted by molar-refractivity contribution is 7.90. The van der Waals surface area contributed by atoms with E-state index in [0.29, 0.717) is 18.8 Å². The molecule has 4 nitrogen and oxygen atoms in total. The number of nitrogens with zero attached hydrogens (tertiary/aromatic N) is 1. The predicted molar refractivity (Wildman–Crippen MR) is 117 cm³/mol. The van der Waals surface area contributed by atoms with Crippen LogP contribution < -0.4 is 4.72 Å². The van der Waals surface area contributed by atoms with Gasteiger partial charge < -0.3 is 0 Å². The Bertz CT molecular complexity index is 545. The minimum atomic E-state index is -3.49. The zero-order chi connectivity index (χ0) is 19.8. The second-order valence-electron chi connectivity index (χ2n) is 7.41. The summed E-state index contributed by atoms with van der Waals surface area (Å²) < 4.78 is 30.1. The standard InChI is InChI=1S/C22H40N2O2S/c1-3-5-7-9-11-16-20-24(21-17-12-10-8-6-4-2)27(25,26)23-22-18-14-13-15-19-22/h13-15,18-19,23H,3-12,16-17,20-21H2,1-2H3. The molecular formula is C22H40N2O2S. The molecule has 27 heavy (non-hydrogen) atoms. The van der Waals surface area contributed by atoms with Gasteiger partial charge in [0.05, 0.1) is 0 Å². The van der Waals surface area contributed by atoms with E-state index in [4.69, 9.17) is 0 Å². The molecular weight excluding hydrogens is 356 g/mol. The van der Waals surface area contributed by atoms with Gasteiger partial charge >= 0.3 is 10.2 Å². The normalized spacial score (nSPS) is 11.8. The molecule has 5 heteroatoms. The number of hydrogen-bond acceptors (Lipinski definition) is 2. The molecule has 0 heterocycles. The third kappa shape index (κ3) is 11.4. The third-order valence-electron chi connectivity index (χ3n) is 4.88. The number of anilines is 1. The van der Waals surface area contributed by atoms with Crippen molar-refractivity contribution in [1.29, 1.82) is 0 Å². The quantitative estimate of drug-likeness (QED) is 0.311. The van der Waals surface area contributed by atoms with Gasteiger partial charge in [-0.1, -0.05) is 96.3 Å². The summed E-state index contributed by atoms with van der Waals surface area (Å²) in [5, 5.41) is 0. The molecule has 0 amide bonds. The molecule has 0 atom stereocenters. The molecule has 0 radical (unpaired) electrons. The Labute approximate surface area is 167 Å². The molecule has 0 spiro atoms. The van der Waals surface area contributed by atoms with E-state index in [0.717, 1.165) is 25.7 Å². The highest BCUT2D eigenvalue weighted by Gasteiger charge is 2.21. The first-order chi connectivity index (χ1) is 13.1. The van der Waals surface area contributed by atoms with Crippen LogP contribution >= 0.6 is 0 Å². The van der Waals surface area contributed by atoms with Gasteiger partial charge in [-0.2, -0.15) is 12.7 Å². The summed E-state index contributed by atoms with van der Waals surface area (Å²) >= 11 is 0. The maximum absolute atomic E-state index is 12.8. The van der Waals surface area contributed by atoms with E-state index in [1.807, 2.05) is 18.2 Å². The minimum Gasteiger partial charge on any atom is -0.271 e. The lowest BCUT2D eigenvalue weighted by Gasteiger charge is -2.23. The van der Waals surface area contributed by atoms with Gasteiger partial charge in [0.15, 0.2) is 0 Å². The Hall–Kier alpha value is -1.07. The lowest BCUT2D eigenvalue weighted by Crippen LogP contribution is -2.37. The molecule has 0 aromatic heterocycles. The molecule has 156 valence electrons. The zero-order valence-corrected chi connectivity index (χ0v) is 18.3. The van der Waals surface area contributed by atoms with Gasteiger partial charge in [0, 0.05) is 18.8 Å². The Balaban J connectivity index is 2.51. The van der Waals surface area contributed by atoms with Gasteiger partial charge in [-0.05, 0) is 25.0 Å². The van der Waals surface area contributed by atoms with Gasteiger partial charge in [0.25, 0.3) is 0 Å². The summed E-state index contributed by atoms with van der Waals surface area (Å²) in [5.41, 5.74) is 0.633. The van der Waals surface area contributed by atoms with E-state index < -0.39 is 10.2 Å². The molecule has 0 saturated carbocycles. The second kappa shape index (κ2) is 14.9. The van der Waals surface area contributed by atoms with Crippen LogP contribution in [0.25, 0.3) is 0 Å². The smallest absolute Gasteiger partial charge is 0.271 e. The maximum atomic E-state index is 12.8. The third-order valence-corrected chi connectivity index (χ3v) is 6.42. The maximum Gasteiger partial charge on any atom is 0.301 e. The van der Waals surface area contributed by atoms with Crippen molar-refractivity contribution in [2.45, 2.75) is 90.9 Å². The van der Waals surface area contributed by atoms with Gasteiger partial charge in [-0.3, -0.25) is 4.72 Å². The number of para-hydroxylation sites is 1. The van der Waals surface area contributed by atoms with Crippen LogP contribution in [0, 0.1) is 0 Å². The monoisotopic (exact) mass is 396 g/mol. The molecule has 1 aromatic carbocycles. The van der Waals surface area contributed by atoms with Gasteiger partial charge in [-0.15, -0.1) is 0 Å². The number of hydrogen-bond donors (Lipinski definition) is 1. The molecule has 0 bridgehead atoms. The van der Waals surface area contributed by atoms with Crippen molar-refractivity contribution < 1.29 is 8.42 Å². The van der Waals surface area contributed by atoms with Crippen molar-refractivity contribution in [3.8, 4) is 0 Å². The molecule has 1 rings (SSSR count). The van der Waals surface area contributed by atoms with Crippen molar-refractivity contribution in [1.82, 2.24) is 4.31 Å². The van der Waals surface area contributed by atoms with Crippen molar-refractivity contribution in [2.24, 2.45) is 0 Å². The second-order valence-corrected chi connectivity index (χ2v) is 9.08. The lowest BCUT2D eigenvalue weighted by atomic mass is 10.1. The average molecular weight is 397 g/mol. The van der Waals surface area contributed by atoms with Crippen molar-refractivity contribution in [3.05, 3.63) is 30.3 Å². The summed E-state index contributed by atoms with van der Waals surface area (Å²) in [7, 11) is -3.49. The summed E-state index contributed by atoms with van der Waals surface area (Å²) in [4.78, 5) is 0. The summed E-state index contributed by atoms with van der Waals surface area (Å²) in [6.07, 6.45) is 14.0. The fourth-order valence-corrected chi connectivity index (χ4v) is 4.51. The highest BCUT2D eigenvalue weighted by atomic mass is 32.2. The first kappa shape index (κ1) is 24.0. The van der Waals surface area contributed by atoms with Crippen LogP contribution in [-0.2, 0) is 10.2 Å². The highest BCUT2D eigenvalue weighted by Crippen LogP contribution is 2.15. The van der Waals surface area contributed by atoms with E-state index in [2.05, 4.69) is 18.6 Å². The van der Waals surface area contributed by atoms with Crippen molar-refractivity contribution in [3.63, 3.8) is 0 Å². The van der Waals surface area contributed by atoms with Crippen LogP contribution in [0.4, 0.5) is 5.69 Å². The zero-order valence-electron chi connectivity index (χ0n) is 17.5. The summed E-state index contributed by atoms with van der Waals surface area (Å²) in [5.74, 6) is 0. The van der Waals surface area contributed by atoms with E-state index in [1.165, 1.54) is 51.4 Å². The predicted octanol–water partition coefficient (Wildman–Crippen LogP) is 6.37. The van der Waals surface area contributed by atoms with Crippen LogP contribution in [0.3, 0.4) is 0 Å². The van der Waals surface area contributed by atoms with Gasteiger partial charge in [-0.25, -0.2) is 0 Å². The van der Waals surface area contributed by atoms with E-state index in [-0.39, 0.29) is 0 Å². The Morgan fingerprint density at radius 2 is 1.15 bits per heavy atom. The van der Waals surface area contributed by atoms with Crippen molar-refractivity contribution >= 4 is 15.9 Å². The van der Waals surface area contributed by atoms with E-state index in [9.17, 15) is 8.42 Å². The fourth-order valence-electron chi connectivity index (χ4n) is 3.21. The van der Waals surface area contributed by atoms with E-state index >= 15 is 0 Å².